The number of benzene rings is 1. The highest BCUT2D eigenvalue weighted by Gasteiger charge is 2.08. The van der Waals surface area contributed by atoms with Gasteiger partial charge in [-0.15, -0.1) is 0 Å². The zero-order valence-electron chi connectivity index (χ0n) is 11.9. The largest absolute Gasteiger partial charge is 0.383 e. The van der Waals surface area contributed by atoms with Crippen LogP contribution in [0.4, 0.5) is 5.95 Å². The first-order valence-corrected chi connectivity index (χ1v) is 8.26. The molecule has 0 aliphatic carbocycles. The summed E-state index contributed by atoms with van der Waals surface area (Å²) < 4.78 is 27.8. The Balaban J connectivity index is 2.20. The van der Waals surface area contributed by atoms with E-state index in [1.54, 1.807) is 43.6 Å². The van der Waals surface area contributed by atoms with Gasteiger partial charge in [-0.25, -0.2) is 18.4 Å². The van der Waals surface area contributed by atoms with Gasteiger partial charge in [0, 0.05) is 31.7 Å². The van der Waals surface area contributed by atoms with Crippen molar-refractivity contribution in [2.75, 3.05) is 31.8 Å². The molecule has 112 valence electrons. The summed E-state index contributed by atoms with van der Waals surface area (Å²) in [6, 6.07) is 8.39. The van der Waals surface area contributed by atoms with Crippen molar-refractivity contribution in [3.63, 3.8) is 0 Å². The molecule has 1 heterocycles. The van der Waals surface area contributed by atoms with Crippen LogP contribution < -0.4 is 5.32 Å². The number of methoxy groups -OCH3 is 1. The predicted molar refractivity (Wildman–Crippen MR) is 80.9 cm³/mol. The average Bonchev–Trinajstić information content (AvgIpc) is 2.47. The van der Waals surface area contributed by atoms with E-state index in [0.29, 0.717) is 24.0 Å². The van der Waals surface area contributed by atoms with Crippen molar-refractivity contribution in [3.05, 3.63) is 36.5 Å². The van der Waals surface area contributed by atoms with Crippen LogP contribution in [0.2, 0.25) is 0 Å². The monoisotopic (exact) mass is 307 g/mol. The van der Waals surface area contributed by atoms with Gasteiger partial charge in [0.2, 0.25) is 5.95 Å². The highest BCUT2D eigenvalue weighted by atomic mass is 32.2. The van der Waals surface area contributed by atoms with Gasteiger partial charge >= 0.3 is 0 Å². The van der Waals surface area contributed by atoms with Gasteiger partial charge in [-0.3, -0.25) is 0 Å². The van der Waals surface area contributed by atoms with Gasteiger partial charge in [0.05, 0.1) is 17.2 Å². The van der Waals surface area contributed by atoms with Gasteiger partial charge in [-0.2, -0.15) is 0 Å². The van der Waals surface area contributed by atoms with Crippen LogP contribution in [0.3, 0.4) is 0 Å². The third-order valence-electron chi connectivity index (χ3n) is 2.82. The van der Waals surface area contributed by atoms with Crippen molar-refractivity contribution >= 4 is 15.8 Å². The fraction of sp³-hybridized carbons (Fsp3) is 0.286. The first kappa shape index (κ1) is 15.4. The van der Waals surface area contributed by atoms with E-state index < -0.39 is 9.84 Å². The molecule has 2 rings (SSSR count). The Kier molecular flexibility index (Phi) is 4.87. The third kappa shape index (κ3) is 4.24. The van der Waals surface area contributed by atoms with Crippen molar-refractivity contribution in [2.24, 2.45) is 0 Å². The molecule has 0 aliphatic heterocycles. The number of hydrogen-bond acceptors (Lipinski definition) is 6. The zero-order valence-corrected chi connectivity index (χ0v) is 12.7. The van der Waals surface area contributed by atoms with Gasteiger partial charge in [0.15, 0.2) is 9.84 Å². The van der Waals surface area contributed by atoms with Crippen molar-refractivity contribution in [1.82, 2.24) is 9.97 Å². The summed E-state index contributed by atoms with van der Waals surface area (Å²) in [5.74, 6) is 0.511. The van der Waals surface area contributed by atoms with E-state index >= 15 is 0 Å². The van der Waals surface area contributed by atoms with E-state index in [1.807, 2.05) is 0 Å². The van der Waals surface area contributed by atoms with Gasteiger partial charge in [0.25, 0.3) is 0 Å². The molecule has 0 amide bonds. The van der Waals surface area contributed by atoms with Crippen LogP contribution in [0.1, 0.15) is 0 Å². The van der Waals surface area contributed by atoms with Crippen LogP contribution in [0, 0.1) is 0 Å². The lowest BCUT2D eigenvalue weighted by Crippen LogP contribution is -2.10. The van der Waals surface area contributed by atoms with Gasteiger partial charge in [-0.05, 0) is 18.2 Å². The first-order chi connectivity index (χ1) is 10.0. The summed E-state index contributed by atoms with van der Waals surface area (Å²) in [7, 11) is -1.56. The summed E-state index contributed by atoms with van der Waals surface area (Å²) in [6.07, 6.45) is 2.84. The minimum absolute atomic E-state index is 0.291. The third-order valence-corrected chi connectivity index (χ3v) is 3.95. The number of sulfone groups is 1. The van der Waals surface area contributed by atoms with E-state index in [1.165, 1.54) is 6.26 Å². The Bertz CT molecular complexity index is 700. The molecule has 6 nitrogen and oxygen atoms in total. The molecule has 1 aromatic heterocycles. The molecule has 0 saturated carbocycles. The van der Waals surface area contributed by atoms with E-state index in [-0.39, 0.29) is 0 Å². The molecule has 0 saturated heterocycles. The van der Waals surface area contributed by atoms with Crippen molar-refractivity contribution < 1.29 is 13.2 Å². The van der Waals surface area contributed by atoms with E-state index in [4.69, 9.17) is 4.74 Å². The summed E-state index contributed by atoms with van der Waals surface area (Å²) in [4.78, 5) is 8.79. The fourth-order valence-electron chi connectivity index (χ4n) is 1.74. The van der Waals surface area contributed by atoms with Gasteiger partial charge < -0.3 is 10.1 Å². The molecule has 1 N–H and O–H groups in total. The number of nitrogens with one attached hydrogen (secondary N) is 1. The zero-order chi connectivity index (χ0) is 15.3. The van der Waals surface area contributed by atoms with E-state index in [9.17, 15) is 8.42 Å². The first-order valence-electron chi connectivity index (χ1n) is 6.37. The quantitative estimate of drug-likeness (QED) is 0.817. The molecule has 0 unspecified atom stereocenters. The topological polar surface area (TPSA) is 81.2 Å². The maximum absolute atomic E-state index is 11.4. The van der Waals surface area contributed by atoms with Crippen LogP contribution in [0.5, 0.6) is 0 Å². The van der Waals surface area contributed by atoms with Crippen LogP contribution in [-0.4, -0.2) is 44.9 Å². The number of nitrogens with zero attached hydrogens (tertiary/aromatic N) is 2. The Morgan fingerprint density at radius 1 is 1.19 bits per heavy atom. The lowest BCUT2D eigenvalue weighted by atomic mass is 10.1. The minimum atomic E-state index is -3.18. The number of hydrogen-bond donors (Lipinski definition) is 1. The summed E-state index contributed by atoms with van der Waals surface area (Å²) in [6.45, 7) is 1.18. The molecule has 7 heteroatoms. The lowest BCUT2D eigenvalue weighted by Gasteiger charge is -2.06. The number of rotatable bonds is 6. The molecule has 0 spiro atoms. The Hall–Kier alpha value is -1.99. The van der Waals surface area contributed by atoms with Gasteiger partial charge in [-0.1, -0.05) is 12.1 Å². The van der Waals surface area contributed by atoms with Crippen LogP contribution in [-0.2, 0) is 14.6 Å². The molecular formula is C14H17N3O3S. The predicted octanol–water partition coefficient (Wildman–Crippen LogP) is 1.61. The Morgan fingerprint density at radius 2 is 1.90 bits per heavy atom. The fourth-order valence-corrected chi connectivity index (χ4v) is 2.37. The summed E-state index contributed by atoms with van der Waals surface area (Å²) in [5, 5.41) is 3.05. The average molecular weight is 307 g/mol. The maximum atomic E-state index is 11.4. The smallest absolute Gasteiger partial charge is 0.223 e. The molecule has 0 radical (unpaired) electrons. The maximum Gasteiger partial charge on any atom is 0.223 e. The second-order valence-electron chi connectivity index (χ2n) is 4.48. The highest BCUT2D eigenvalue weighted by molar-refractivity contribution is 7.90. The van der Waals surface area contributed by atoms with E-state index in [0.717, 1.165) is 11.3 Å². The van der Waals surface area contributed by atoms with E-state index in [2.05, 4.69) is 15.3 Å². The van der Waals surface area contributed by atoms with Crippen LogP contribution in [0.25, 0.3) is 11.3 Å². The molecule has 1 aromatic carbocycles. The summed E-state index contributed by atoms with van der Waals surface area (Å²) in [5.41, 5.74) is 1.56. The molecule has 2 aromatic rings. The lowest BCUT2D eigenvalue weighted by molar-refractivity contribution is 0.210. The second kappa shape index (κ2) is 6.64. The Morgan fingerprint density at radius 3 is 2.52 bits per heavy atom. The molecule has 0 aliphatic rings. The van der Waals surface area contributed by atoms with Crippen molar-refractivity contribution in [1.29, 1.82) is 0 Å². The van der Waals surface area contributed by atoms with Gasteiger partial charge in [0.1, 0.15) is 0 Å². The number of aromatic nitrogens is 2. The molecule has 0 bridgehead atoms. The second-order valence-corrected chi connectivity index (χ2v) is 6.50. The minimum Gasteiger partial charge on any atom is -0.383 e. The summed E-state index contributed by atoms with van der Waals surface area (Å²) >= 11 is 0. The molecule has 0 fully saturated rings. The molecule has 21 heavy (non-hydrogen) atoms. The number of ether oxygens (including phenoxy) is 1. The number of anilines is 1. The van der Waals surface area contributed by atoms with Crippen LogP contribution in [0.15, 0.2) is 41.4 Å². The molecular weight excluding hydrogens is 290 g/mol. The SMILES string of the molecule is COCCNc1nccc(-c2ccc(S(C)(=O)=O)cc2)n1. The van der Waals surface area contributed by atoms with Crippen molar-refractivity contribution in [3.8, 4) is 11.3 Å². The van der Waals surface area contributed by atoms with Crippen LogP contribution >= 0.6 is 0 Å². The highest BCUT2D eigenvalue weighted by Crippen LogP contribution is 2.20. The Labute approximate surface area is 124 Å². The molecule has 0 atom stereocenters. The van der Waals surface area contributed by atoms with Crippen molar-refractivity contribution in [2.45, 2.75) is 4.90 Å². The normalized spacial score (nSPS) is 11.3. The standard InChI is InChI=1S/C14H17N3O3S/c1-20-10-9-16-14-15-8-7-13(17-14)11-3-5-12(6-4-11)21(2,18)19/h3-8H,9-10H2,1-2H3,(H,15,16,17).